The summed E-state index contributed by atoms with van der Waals surface area (Å²) < 4.78 is 5.46. The third kappa shape index (κ3) is 4.10. The van der Waals surface area contributed by atoms with Crippen LogP contribution in [0.2, 0.25) is 0 Å². The Labute approximate surface area is 183 Å². The van der Waals surface area contributed by atoms with Crippen LogP contribution in [0.25, 0.3) is 10.8 Å². The van der Waals surface area contributed by atoms with E-state index in [2.05, 4.69) is 10.3 Å². The first-order valence-corrected chi connectivity index (χ1v) is 10.9. The van der Waals surface area contributed by atoms with Gasteiger partial charge in [0.05, 0.1) is 11.2 Å². The Kier molecular flexibility index (Phi) is 4.98. The van der Waals surface area contributed by atoms with Crippen LogP contribution in [0.3, 0.4) is 0 Å². The molecule has 7 nitrogen and oxygen atoms in total. The number of ether oxygens (including phenoxy) is 1. The van der Waals surface area contributed by atoms with Gasteiger partial charge in [0.2, 0.25) is 5.91 Å². The van der Waals surface area contributed by atoms with Crippen LogP contribution in [0.15, 0.2) is 18.3 Å². The Morgan fingerprint density at radius 3 is 2.35 bits per heavy atom. The van der Waals surface area contributed by atoms with E-state index in [0.29, 0.717) is 13.1 Å². The van der Waals surface area contributed by atoms with Gasteiger partial charge in [-0.05, 0) is 72.4 Å². The molecule has 1 aliphatic carbocycles. The van der Waals surface area contributed by atoms with Crippen LogP contribution in [0.5, 0.6) is 0 Å². The SMILES string of the molecule is Cc1cc2c(C)nccc2c(C(C)(C)NC(=O)C2[C@H]3CN(C(=O)OC(C)(C)C)C[C@@H]23)n1. The molecule has 166 valence electrons. The molecule has 7 heteroatoms. The highest BCUT2D eigenvalue weighted by molar-refractivity contribution is 5.89. The van der Waals surface area contributed by atoms with Crippen molar-refractivity contribution in [2.75, 3.05) is 13.1 Å². The molecule has 3 atom stereocenters. The molecule has 1 saturated carbocycles. The third-order valence-corrected chi connectivity index (χ3v) is 6.26. The number of fused-ring (bicyclic) bond motifs is 2. The van der Waals surface area contributed by atoms with Crippen molar-refractivity contribution in [2.24, 2.45) is 17.8 Å². The normalized spacial score (nSPS) is 22.9. The lowest BCUT2D eigenvalue weighted by Gasteiger charge is -2.29. The molecule has 3 heterocycles. The number of hydrogen-bond donors (Lipinski definition) is 1. The van der Waals surface area contributed by atoms with Gasteiger partial charge in [-0.2, -0.15) is 0 Å². The zero-order valence-corrected chi connectivity index (χ0v) is 19.4. The van der Waals surface area contributed by atoms with E-state index in [-0.39, 0.29) is 29.8 Å². The minimum absolute atomic E-state index is 0.0334. The van der Waals surface area contributed by atoms with Gasteiger partial charge in [-0.1, -0.05) is 0 Å². The number of piperidine rings is 1. The molecule has 31 heavy (non-hydrogen) atoms. The zero-order valence-electron chi connectivity index (χ0n) is 19.4. The molecule has 0 aromatic carbocycles. The molecule has 2 aromatic heterocycles. The Balaban J connectivity index is 1.46. The molecule has 1 N–H and O–H groups in total. The van der Waals surface area contributed by atoms with Gasteiger partial charge in [-0.15, -0.1) is 0 Å². The summed E-state index contributed by atoms with van der Waals surface area (Å²) in [5.74, 6) is 0.387. The lowest BCUT2D eigenvalue weighted by atomic mass is 9.93. The van der Waals surface area contributed by atoms with Crippen molar-refractivity contribution in [3.05, 3.63) is 35.4 Å². The fourth-order valence-electron chi connectivity index (χ4n) is 4.76. The van der Waals surface area contributed by atoms with Gasteiger partial charge in [0.25, 0.3) is 0 Å². The summed E-state index contributed by atoms with van der Waals surface area (Å²) in [5, 5.41) is 5.30. The molecule has 0 radical (unpaired) electrons. The van der Waals surface area contributed by atoms with E-state index < -0.39 is 11.1 Å². The zero-order chi connectivity index (χ0) is 22.7. The number of carbonyl (C=O) groups is 2. The maximum absolute atomic E-state index is 13.1. The molecule has 4 rings (SSSR count). The van der Waals surface area contributed by atoms with E-state index in [1.807, 2.05) is 60.6 Å². The monoisotopic (exact) mass is 424 g/mol. The van der Waals surface area contributed by atoms with Crippen LogP contribution in [0, 0.1) is 31.6 Å². The first-order valence-electron chi connectivity index (χ1n) is 10.9. The number of nitrogens with zero attached hydrogens (tertiary/aromatic N) is 3. The molecule has 0 spiro atoms. The number of amides is 2. The first-order chi connectivity index (χ1) is 14.4. The van der Waals surface area contributed by atoms with Gasteiger partial charge < -0.3 is 15.0 Å². The average Bonchev–Trinajstić information content (AvgIpc) is 3.14. The second-order valence-corrected chi connectivity index (χ2v) is 10.5. The summed E-state index contributed by atoms with van der Waals surface area (Å²) >= 11 is 0. The molecule has 2 fully saturated rings. The average molecular weight is 425 g/mol. The largest absolute Gasteiger partial charge is 0.444 e. The number of pyridine rings is 2. The molecule has 1 aliphatic heterocycles. The number of likely N-dealkylation sites (tertiary alicyclic amines) is 1. The fourth-order valence-corrected chi connectivity index (χ4v) is 4.76. The van der Waals surface area contributed by atoms with Crippen LogP contribution in [-0.2, 0) is 15.1 Å². The third-order valence-electron chi connectivity index (χ3n) is 6.26. The number of rotatable bonds is 3. The van der Waals surface area contributed by atoms with Crippen molar-refractivity contribution >= 4 is 22.8 Å². The van der Waals surface area contributed by atoms with Crippen LogP contribution >= 0.6 is 0 Å². The van der Waals surface area contributed by atoms with Crippen molar-refractivity contribution in [3.63, 3.8) is 0 Å². The smallest absolute Gasteiger partial charge is 0.410 e. The first kappa shape index (κ1) is 21.5. The number of aryl methyl sites for hydroxylation is 2. The van der Waals surface area contributed by atoms with Crippen molar-refractivity contribution < 1.29 is 14.3 Å². The standard InChI is InChI=1S/C24H32N4O3/c1-13-10-16-14(2)25-9-8-15(16)20(26-13)24(6,7)27-21(29)19-17-11-28(12-18(17)19)22(30)31-23(3,4)5/h8-10,17-19H,11-12H2,1-7H3,(H,27,29)/t17-,18+,19?. The number of aromatic nitrogens is 2. The van der Waals surface area contributed by atoms with Gasteiger partial charge in [0.15, 0.2) is 0 Å². The summed E-state index contributed by atoms with van der Waals surface area (Å²) in [5.41, 5.74) is 1.56. The molecule has 2 aromatic rings. The van der Waals surface area contributed by atoms with E-state index in [4.69, 9.17) is 9.72 Å². The minimum atomic E-state index is -0.628. The quantitative estimate of drug-likeness (QED) is 0.812. The number of carbonyl (C=O) groups excluding carboxylic acids is 2. The van der Waals surface area contributed by atoms with Crippen LogP contribution in [0.1, 0.15) is 51.7 Å². The predicted octanol–water partition coefficient (Wildman–Crippen LogP) is 3.71. The molecule has 1 saturated heterocycles. The molecule has 2 aliphatic rings. The van der Waals surface area contributed by atoms with Crippen LogP contribution in [-0.4, -0.2) is 45.6 Å². The second kappa shape index (κ2) is 7.18. The molecule has 1 unspecified atom stereocenters. The lowest BCUT2D eigenvalue weighted by Crippen LogP contribution is -2.44. The van der Waals surface area contributed by atoms with Crippen LogP contribution in [0.4, 0.5) is 4.79 Å². The Hall–Kier alpha value is -2.70. The van der Waals surface area contributed by atoms with Crippen molar-refractivity contribution in [1.82, 2.24) is 20.2 Å². The van der Waals surface area contributed by atoms with E-state index >= 15 is 0 Å². The summed E-state index contributed by atoms with van der Waals surface area (Å²) in [6.07, 6.45) is 1.49. The van der Waals surface area contributed by atoms with Crippen molar-refractivity contribution in [3.8, 4) is 0 Å². The van der Waals surface area contributed by atoms with Gasteiger partial charge in [-0.25, -0.2) is 4.79 Å². The number of hydrogen-bond acceptors (Lipinski definition) is 5. The second-order valence-electron chi connectivity index (χ2n) is 10.5. The molecular formula is C24H32N4O3. The molecule has 2 amide bonds. The highest BCUT2D eigenvalue weighted by Crippen LogP contribution is 2.52. The van der Waals surface area contributed by atoms with Gasteiger partial charge >= 0.3 is 6.09 Å². The lowest BCUT2D eigenvalue weighted by molar-refractivity contribution is -0.125. The predicted molar refractivity (Wildman–Crippen MR) is 118 cm³/mol. The van der Waals surface area contributed by atoms with E-state index in [1.165, 1.54) is 0 Å². The minimum Gasteiger partial charge on any atom is -0.444 e. The number of nitrogens with one attached hydrogen (secondary N) is 1. The van der Waals surface area contributed by atoms with E-state index in [1.54, 1.807) is 11.1 Å². The van der Waals surface area contributed by atoms with E-state index in [0.717, 1.165) is 27.9 Å². The fraction of sp³-hybridized carbons (Fsp3) is 0.583. The summed E-state index contributed by atoms with van der Waals surface area (Å²) in [6.45, 7) is 14.7. The highest BCUT2D eigenvalue weighted by Gasteiger charge is 2.61. The van der Waals surface area contributed by atoms with Crippen LogP contribution < -0.4 is 5.32 Å². The van der Waals surface area contributed by atoms with Gasteiger partial charge in [0.1, 0.15) is 5.60 Å². The summed E-state index contributed by atoms with van der Waals surface area (Å²) in [4.78, 5) is 36.3. The maximum Gasteiger partial charge on any atom is 0.410 e. The van der Waals surface area contributed by atoms with Gasteiger partial charge in [0, 0.05) is 47.4 Å². The van der Waals surface area contributed by atoms with Crippen molar-refractivity contribution in [1.29, 1.82) is 0 Å². The summed E-state index contributed by atoms with van der Waals surface area (Å²) in [6, 6.07) is 4.00. The van der Waals surface area contributed by atoms with E-state index in [9.17, 15) is 9.59 Å². The Morgan fingerprint density at radius 2 is 1.74 bits per heavy atom. The molecule has 0 bridgehead atoms. The Morgan fingerprint density at radius 1 is 1.10 bits per heavy atom. The summed E-state index contributed by atoms with van der Waals surface area (Å²) in [7, 11) is 0. The van der Waals surface area contributed by atoms with Gasteiger partial charge in [-0.3, -0.25) is 14.8 Å². The highest BCUT2D eigenvalue weighted by atomic mass is 16.6. The Bertz CT molecular complexity index is 1040. The maximum atomic E-state index is 13.1. The topological polar surface area (TPSA) is 84.4 Å². The molecular weight excluding hydrogens is 392 g/mol. The van der Waals surface area contributed by atoms with Crippen molar-refractivity contribution in [2.45, 2.75) is 59.6 Å².